The van der Waals surface area contributed by atoms with E-state index in [9.17, 15) is 14.4 Å². The van der Waals surface area contributed by atoms with Gasteiger partial charge in [-0.1, -0.05) is 12.1 Å². The van der Waals surface area contributed by atoms with Crippen LogP contribution in [-0.4, -0.2) is 67.0 Å². The number of hydrogen-bond acceptors (Lipinski definition) is 5. The molecule has 2 aliphatic rings. The summed E-state index contributed by atoms with van der Waals surface area (Å²) in [6, 6.07) is 6.67. The lowest BCUT2D eigenvalue weighted by molar-refractivity contribution is -0.135. The minimum atomic E-state index is -0.752. The maximum atomic E-state index is 12.3. The number of nitrogens with one attached hydrogen (secondary N) is 2. The van der Waals surface area contributed by atoms with Crippen LogP contribution in [0.1, 0.15) is 12.0 Å². The highest BCUT2D eigenvalue weighted by molar-refractivity contribution is 6.05. The van der Waals surface area contributed by atoms with Crippen molar-refractivity contribution in [3.05, 3.63) is 29.8 Å². The summed E-state index contributed by atoms with van der Waals surface area (Å²) in [6.45, 7) is 3.63. The molecule has 0 saturated carbocycles. The highest BCUT2D eigenvalue weighted by atomic mass is 16.5. The van der Waals surface area contributed by atoms with Gasteiger partial charge >= 0.3 is 6.03 Å². The molecule has 8 heteroatoms. The fourth-order valence-corrected chi connectivity index (χ4v) is 3.05. The highest BCUT2D eigenvalue weighted by Gasteiger charge is 2.33. The zero-order chi connectivity index (χ0) is 17.8. The Balaban J connectivity index is 1.45. The third-order valence-electron chi connectivity index (χ3n) is 4.53. The number of nitrogens with zero attached hydrogens (tertiary/aromatic N) is 2. The Morgan fingerprint density at radius 2 is 1.84 bits per heavy atom. The number of ether oxygens (including phenoxy) is 1. The second-order valence-electron chi connectivity index (χ2n) is 6.22. The average Bonchev–Trinajstić information content (AvgIpc) is 2.93. The SMILES string of the molecule is COc1ccc(CN2CCN(C(=O)C[C@H]3NC(=O)NC3=O)CC2)cc1. The molecule has 8 nitrogen and oxygen atoms in total. The van der Waals surface area contributed by atoms with Crippen LogP contribution in [0.4, 0.5) is 4.79 Å². The van der Waals surface area contributed by atoms with Gasteiger partial charge in [0.15, 0.2) is 0 Å². The third kappa shape index (κ3) is 4.27. The minimum absolute atomic E-state index is 0.00997. The van der Waals surface area contributed by atoms with E-state index in [1.54, 1.807) is 12.0 Å². The van der Waals surface area contributed by atoms with Gasteiger partial charge in [-0.05, 0) is 17.7 Å². The molecule has 0 aliphatic carbocycles. The molecule has 1 aromatic carbocycles. The molecule has 25 heavy (non-hydrogen) atoms. The number of carbonyl (C=O) groups excluding carboxylic acids is 3. The van der Waals surface area contributed by atoms with Crippen LogP contribution in [-0.2, 0) is 16.1 Å². The van der Waals surface area contributed by atoms with E-state index in [1.165, 1.54) is 5.56 Å². The zero-order valence-corrected chi connectivity index (χ0v) is 14.2. The van der Waals surface area contributed by atoms with E-state index in [-0.39, 0.29) is 12.3 Å². The number of piperazine rings is 1. The fraction of sp³-hybridized carbons (Fsp3) is 0.471. The van der Waals surface area contributed by atoms with Crippen molar-refractivity contribution in [1.29, 1.82) is 0 Å². The number of amides is 4. The maximum Gasteiger partial charge on any atom is 0.322 e. The maximum absolute atomic E-state index is 12.3. The van der Waals surface area contributed by atoms with Gasteiger partial charge in [0.1, 0.15) is 11.8 Å². The van der Waals surface area contributed by atoms with E-state index in [1.807, 2.05) is 24.3 Å². The Bertz CT molecular complexity index is 653. The summed E-state index contributed by atoms with van der Waals surface area (Å²) in [5.74, 6) is 0.296. The Morgan fingerprint density at radius 1 is 1.16 bits per heavy atom. The van der Waals surface area contributed by atoms with Crippen LogP contribution in [0.25, 0.3) is 0 Å². The number of hydrogen-bond donors (Lipinski definition) is 2. The van der Waals surface area contributed by atoms with Gasteiger partial charge in [0.05, 0.1) is 13.5 Å². The number of rotatable bonds is 5. The highest BCUT2D eigenvalue weighted by Crippen LogP contribution is 2.14. The molecule has 2 heterocycles. The summed E-state index contributed by atoms with van der Waals surface area (Å²) in [7, 11) is 1.64. The first-order valence-electron chi connectivity index (χ1n) is 8.29. The molecule has 3 rings (SSSR count). The van der Waals surface area contributed by atoms with Crippen LogP contribution >= 0.6 is 0 Å². The molecule has 2 fully saturated rings. The first-order chi connectivity index (χ1) is 12.0. The molecular weight excluding hydrogens is 324 g/mol. The standard InChI is InChI=1S/C17H22N4O4/c1-25-13-4-2-12(3-5-13)11-20-6-8-21(9-7-20)15(22)10-14-16(23)19-17(24)18-14/h2-5,14H,6-11H2,1H3,(H2,18,19,23,24)/t14-/m1/s1. The molecule has 134 valence electrons. The Kier molecular flexibility index (Phi) is 5.18. The lowest BCUT2D eigenvalue weighted by atomic mass is 10.1. The molecule has 2 N–H and O–H groups in total. The number of carbonyl (C=O) groups is 3. The van der Waals surface area contributed by atoms with Gasteiger partial charge in [0.25, 0.3) is 5.91 Å². The van der Waals surface area contributed by atoms with Crippen LogP contribution in [0.2, 0.25) is 0 Å². The number of urea groups is 1. The molecule has 1 aromatic rings. The van der Waals surface area contributed by atoms with Gasteiger partial charge in [0.2, 0.25) is 5.91 Å². The summed E-state index contributed by atoms with van der Waals surface area (Å²) in [6.07, 6.45) is 0.00997. The van der Waals surface area contributed by atoms with E-state index in [2.05, 4.69) is 15.5 Å². The molecular formula is C17H22N4O4. The van der Waals surface area contributed by atoms with Crippen molar-refractivity contribution in [2.45, 2.75) is 19.0 Å². The van der Waals surface area contributed by atoms with Crippen molar-refractivity contribution in [2.75, 3.05) is 33.3 Å². The van der Waals surface area contributed by atoms with Crippen molar-refractivity contribution in [3.63, 3.8) is 0 Å². The molecule has 0 spiro atoms. The molecule has 2 saturated heterocycles. The van der Waals surface area contributed by atoms with Crippen LogP contribution in [0, 0.1) is 0 Å². The van der Waals surface area contributed by atoms with E-state index in [4.69, 9.17) is 4.74 Å². The molecule has 1 atom stereocenters. The van der Waals surface area contributed by atoms with Gasteiger partial charge < -0.3 is 15.0 Å². The number of methoxy groups -OCH3 is 1. The van der Waals surface area contributed by atoms with Gasteiger partial charge in [-0.2, -0.15) is 0 Å². The lowest BCUT2D eigenvalue weighted by Gasteiger charge is -2.35. The van der Waals surface area contributed by atoms with Gasteiger partial charge in [-0.3, -0.25) is 19.8 Å². The predicted molar refractivity (Wildman–Crippen MR) is 89.9 cm³/mol. The summed E-state index contributed by atoms with van der Waals surface area (Å²) in [5, 5.41) is 4.60. The topological polar surface area (TPSA) is 91.0 Å². The molecule has 0 unspecified atom stereocenters. The Hall–Kier alpha value is -2.61. The lowest BCUT2D eigenvalue weighted by Crippen LogP contribution is -2.49. The monoisotopic (exact) mass is 346 g/mol. The van der Waals surface area contributed by atoms with Crippen molar-refractivity contribution in [2.24, 2.45) is 0 Å². The van der Waals surface area contributed by atoms with Crippen LogP contribution in [0.15, 0.2) is 24.3 Å². The predicted octanol–water partition coefficient (Wildman–Crippen LogP) is -0.0625. The summed E-state index contributed by atoms with van der Waals surface area (Å²) in [4.78, 5) is 39.0. The molecule has 0 radical (unpaired) electrons. The normalized spacial score (nSPS) is 21.0. The second kappa shape index (κ2) is 7.52. The smallest absolute Gasteiger partial charge is 0.322 e. The minimum Gasteiger partial charge on any atom is -0.497 e. The Labute approximate surface area is 146 Å². The molecule has 0 aromatic heterocycles. The second-order valence-corrected chi connectivity index (χ2v) is 6.22. The quantitative estimate of drug-likeness (QED) is 0.729. The first kappa shape index (κ1) is 17.2. The molecule has 2 aliphatic heterocycles. The summed E-state index contributed by atoms with van der Waals surface area (Å²) in [5.41, 5.74) is 1.20. The Morgan fingerprint density at radius 3 is 2.40 bits per heavy atom. The van der Waals surface area contributed by atoms with Crippen LogP contribution in [0.3, 0.4) is 0 Å². The zero-order valence-electron chi connectivity index (χ0n) is 14.2. The van der Waals surface area contributed by atoms with Gasteiger partial charge in [-0.15, -0.1) is 0 Å². The van der Waals surface area contributed by atoms with Crippen molar-refractivity contribution < 1.29 is 19.1 Å². The van der Waals surface area contributed by atoms with Crippen LogP contribution < -0.4 is 15.4 Å². The molecule has 4 amide bonds. The largest absolute Gasteiger partial charge is 0.497 e. The van der Waals surface area contributed by atoms with Crippen molar-refractivity contribution in [3.8, 4) is 5.75 Å². The van der Waals surface area contributed by atoms with Gasteiger partial charge in [-0.25, -0.2) is 4.79 Å². The van der Waals surface area contributed by atoms with Gasteiger partial charge in [0, 0.05) is 32.7 Å². The van der Waals surface area contributed by atoms with E-state index >= 15 is 0 Å². The van der Waals surface area contributed by atoms with Crippen molar-refractivity contribution >= 4 is 17.8 Å². The average molecular weight is 346 g/mol. The van der Waals surface area contributed by atoms with E-state index in [0.717, 1.165) is 25.4 Å². The first-order valence-corrected chi connectivity index (χ1v) is 8.29. The van der Waals surface area contributed by atoms with E-state index < -0.39 is 18.0 Å². The van der Waals surface area contributed by atoms with Crippen molar-refractivity contribution in [1.82, 2.24) is 20.4 Å². The van der Waals surface area contributed by atoms with Crippen LogP contribution in [0.5, 0.6) is 5.75 Å². The summed E-state index contributed by atoms with van der Waals surface area (Å²) >= 11 is 0. The third-order valence-corrected chi connectivity index (χ3v) is 4.53. The summed E-state index contributed by atoms with van der Waals surface area (Å²) < 4.78 is 5.16. The number of benzene rings is 1. The molecule has 0 bridgehead atoms. The number of imide groups is 1. The van der Waals surface area contributed by atoms with E-state index in [0.29, 0.717) is 13.1 Å². The fourth-order valence-electron chi connectivity index (χ4n) is 3.05.